The van der Waals surface area contributed by atoms with Crippen molar-refractivity contribution in [2.75, 3.05) is 19.7 Å². The van der Waals surface area contributed by atoms with Crippen molar-refractivity contribution in [1.29, 1.82) is 0 Å². The predicted molar refractivity (Wildman–Crippen MR) is 76.3 cm³/mol. The first-order chi connectivity index (χ1) is 8.27. The van der Waals surface area contributed by atoms with Crippen molar-refractivity contribution in [1.82, 2.24) is 5.32 Å². The summed E-state index contributed by atoms with van der Waals surface area (Å²) in [7, 11) is 0. The van der Waals surface area contributed by atoms with Crippen LogP contribution < -0.4 is 5.32 Å². The number of halogens is 1. The van der Waals surface area contributed by atoms with E-state index in [0.29, 0.717) is 0 Å². The van der Waals surface area contributed by atoms with Gasteiger partial charge in [-0.2, -0.15) is 0 Å². The average molecular weight is 300 g/mol. The highest BCUT2D eigenvalue weighted by molar-refractivity contribution is 9.10. The van der Waals surface area contributed by atoms with Gasteiger partial charge in [-0.1, -0.05) is 48.3 Å². The zero-order valence-corrected chi connectivity index (χ0v) is 12.3. The van der Waals surface area contributed by atoms with E-state index in [1.54, 1.807) is 0 Å². The minimum absolute atomic E-state index is 0.152. The van der Waals surface area contributed by atoms with Gasteiger partial charge in [0.25, 0.3) is 0 Å². The van der Waals surface area contributed by atoms with E-state index in [4.69, 9.17) is 4.74 Å². The van der Waals surface area contributed by atoms with Crippen molar-refractivity contribution in [2.24, 2.45) is 0 Å². The number of nitrogens with one attached hydrogen (secondary N) is 1. The van der Waals surface area contributed by atoms with E-state index in [1.165, 1.54) is 12.0 Å². The van der Waals surface area contributed by atoms with Crippen molar-refractivity contribution in [2.45, 2.75) is 32.8 Å². The quantitative estimate of drug-likeness (QED) is 0.735. The summed E-state index contributed by atoms with van der Waals surface area (Å²) < 4.78 is 7.05. The highest BCUT2D eigenvalue weighted by Crippen LogP contribution is 2.21. The number of hydrogen-bond acceptors (Lipinski definition) is 2. The Bertz CT molecular complexity index is 317. The number of hydrogen-bond donors (Lipinski definition) is 1. The summed E-state index contributed by atoms with van der Waals surface area (Å²) in [5, 5.41) is 3.35. The van der Waals surface area contributed by atoms with E-state index in [2.05, 4.69) is 53.3 Å². The maximum Gasteiger partial charge on any atom is 0.0949 e. The van der Waals surface area contributed by atoms with E-state index in [-0.39, 0.29) is 6.10 Å². The smallest absolute Gasteiger partial charge is 0.0949 e. The summed E-state index contributed by atoms with van der Waals surface area (Å²) in [5.41, 5.74) is 1.23. The van der Waals surface area contributed by atoms with Gasteiger partial charge >= 0.3 is 0 Å². The lowest BCUT2D eigenvalue weighted by Gasteiger charge is -2.19. The number of rotatable bonds is 8. The molecule has 0 spiro atoms. The van der Waals surface area contributed by atoms with Crippen LogP contribution in [0, 0.1) is 0 Å². The second kappa shape index (κ2) is 8.67. The summed E-state index contributed by atoms with van der Waals surface area (Å²) in [4.78, 5) is 0. The fourth-order valence-electron chi connectivity index (χ4n) is 1.63. The highest BCUT2D eigenvalue weighted by atomic mass is 79.9. The molecule has 17 heavy (non-hydrogen) atoms. The molecule has 1 N–H and O–H groups in total. The normalized spacial score (nSPS) is 12.6. The van der Waals surface area contributed by atoms with Crippen LogP contribution in [0.3, 0.4) is 0 Å². The minimum atomic E-state index is 0.152. The second-order valence-corrected chi connectivity index (χ2v) is 4.99. The van der Waals surface area contributed by atoms with E-state index in [1.807, 2.05) is 6.07 Å². The molecule has 0 heterocycles. The van der Waals surface area contributed by atoms with Crippen molar-refractivity contribution in [3.8, 4) is 0 Å². The van der Waals surface area contributed by atoms with Crippen LogP contribution in [-0.4, -0.2) is 19.7 Å². The lowest BCUT2D eigenvalue weighted by atomic mass is 10.1. The van der Waals surface area contributed by atoms with Gasteiger partial charge < -0.3 is 10.1 Å². The molecule has 0 aliphatic heterocycles. The number of likely N-dealkylation sites (N-methyl/N-ethyl adjacent to an activating group) is 1. The van der Waals surface area contributed by atoms with Gasteiger partial charge in [0.05, 0.1) is 6.10 Å². The van der Waals surface area contributed by atoms with Gasteiger partial charge in [0.2, 0.25) is 0 Å². The van der Waals surface area contributed by atoms with E-state index in [0.717, 1.165) is 30.6 Å². The molecule has 96 valence electrons. The molecule has 1 unspecified atom stereocenters. The highest BCUT2D eigenvalue weighted by Gasteiger charge is 2.11. The molecular weight excluding hydrogens is 278 g/mol. The van der Waals surface area contributed by atoms with Gasteiger partial charge in [0.15, 0.2) is 0 Å². The Labute approximate surface area is 113 Å². The van der Waals surface area contributed by atoms with Crippen LogP contribution in [0.4, 0.5) is 0 Å². The lowest BCUT2D eigenvalue weighted by Crippen LogP contribution is -2.23. The Morgan fingerprint density at radius 3 is 2.82 bits per heavy atom. The Kier molecular flexibility index (Phi) is 7.49. The van der Waals surface area contributed by atoms with Crippen LogP contribution in [0.5, 0.6) is 0 Å². The average Bonchev–Trinajstić information content (AvgIpc) is 2.33. The summed E-state index contributed by atoms with van der Waals surface area (Å²) >= 11 is 3.50. The predicted octanol–water partition coefficient (Wildman–Crippen LogP) is 3.92. The molecule has 0 fully saturated rings. The molecule has 0 saturated heterocycles. The van der Waals surface area contributed by atoms with Crippen LogP contribution >= 0.6 is 15.9 Å². The summed E-state index contributed by atoms with van der Waals surface area (Å²) in [6.07, 6.45) is 2.45. The molecule has 1 atom stereocenters. The Morgan fingerprint density at radius 1 is 1.35 bits per heavy atom. The van der Waals surface area contributed by atoms with Crippen LogP contribution in [0.15, 0.2) is 28.7 Å². The van der Waals surface area contributed by atoms with Crippen LogP contribution in [0.2, 0.25) is 0 Å². The number of ether oxygens (including phenoxy) is 1. The molecule has 0 saturated carbocycles. The van der Waals surface area contributed by atoms with Crippen molar-refractivity contribution < 1.29 is 4.74 Å². The molecule has 2 nitrogen and oxygen atoms in total. The first kappa shape index (κ1) is 14.7. The lowest BCUT2D eigenvalue weighted by molar-refractivity contribution is 0.0510. The van der Waals surface area contributed by atoms with E-state index in [9.17, 15) is 0 Å². The standard InChI is InChI=1S/C14H22BrNO/c1-3-5-9-17-14(11-16-4-2)12-7-6-8-13(15)10-12/h6-8,10,14,16H,3-5,9,11H2,1-2H3. The molecule has 0 radical (unpaired) electrons. The first-order valence-corrected chi connectivity index (χ1v) is 7.15. The minimum Gasteiger partial charge on any atom is -0.372 e. The molecule has 0 aliphatic rings. The molecule has 0 amide bonds. The Morgan fingerprint density at radius 2 is 2.18 bits per heavy atom. The first-order valence-electron chi connectivity index (χ1n) is 6.35. The fraction of sp³-hybridized carbons (Fsp3) is 0.571. The summed E-state index contributed by atoms with van der Waals surface area (Å²) in [6.45, 7) is 6.98. The van der Waals surface area contributed by atoms with Gasteiger partial charge in [-0.05, 0) is 30.7 Å². The third-order valence-electron chi connectivity index (χ3n) is 2.62. The van der Waals surface area contributed by atoms with Crippen molar-refractivity contribution in [3.63, 3.8) is 0 Å². The monoisotopic (exact) mass is 299 g/mol. The van der Waals surface area contributed by atoms with Gasteiger partial charge in [-0.3, -0.25) is 0 Å². The third-order valence-corrected chi connectivity index (χ3v) is 3.11. The second-order valence-electron chi connectivity index (χ2n) is 4.08. The summed E-state index contributed by atoms with van der Waals surface area (Å²) in [5.74, 6) is 0. The van der Waals surface area contributed by atoms with Crippen LogP contribution in [0.25, 0.3) is 0 Å². The molecule has 1 aromatic rings. The number of benzene rings is 1. The molecular formula is C14H22BrNO. The van der Waals surface area contributed by atoms with Gasteiger partial charge in [-0.15, -0.1) is 0 Å². The zero-order valence-electron chi connectivity index (χ0n) is 10.7. The maximum absolute atomic E-state index is 5.94. The molecule has 0 aromatic heterocycles. The molecule has 3 heteroatoms. The zero-order chi connectivity index (χ0) is 12.5. The maximum atomic E-state index is 5.94. The van der Waals surface area contributed by atoms with Crippen molar-refractivity contribution >= 4 is 15.9 Å². The van der Waals surface area contributed by atoms with Gasteiger partial charge in [0.1, 0.15) is 0 Å². The van der Waals surface area contributed by atoms with E-state index >= 15 is 0 Å². The summed E-state index contributed by atoms with van der Waals surface area (Å²) in [6, 6.07) is 8.36. The largest absolute Gasteiger partial charge is 0.372 e. The topological polar surface area (TPSA) is 21.3 Å². The molecule has 1 rings (SSSR count). The van der Waals surface area contributed by atoms with Gasteiger partial charge in [0, 0.05) is 17.6 Å². The van der Waals surface area contributed by atoms with Crippen LogP contribution in [-0.2, 0) is 4.74 Å². The SMILES string of the molecule is CCCCOC(CNCC)c1cccc(Br)c1. The Balaban J connectivity index is 2.60. The van der Waals surface area contributed by atoms with Crippen LogP contribution in [0.1, 0.15) is 38.4 Å². The van der Waals surface area contributed by atoms with Crippen molar-refractivity contribution in [3.05, 3.63) is 34.3 Å². The number of unbranched alkanes of at least 4 members (excludes halogenated alkanes) is 1. The molecule has 0 bridgehead atoms. The Hall–Kier alpha value is -0.380. The fourth-order valence-corrected chi connectivity index (χ4v) is 2.04. The van der Waals surface area contributed by atoms with E-state index < -0.39 is 0 Å². The third kappa shape index (κ3) is 5.66. The molecule has 1 aromatic carbocycles. The molecule has 0 aliphatic carbocycles. The van der Waals surface area contributed by atoms with Gasteiger partial charge in [-0.25, -0.2) is 0 Å².